The second-order valence-corrected chi connectivity index (χ2v) is 12.6. The molecule has 3 aromatic rings. The van der Waals surface area contributed by atoms with Gasteiger partial charge in [0.25, 0.3) is 0 Å². The molecule has 0 radical (unpaired) electrons. The van der Waals surface area contributed by atoms with E-state index in [9.17, 15) is 22.7 Å². The van der Waals surface area contributed by atoms with Crippen molar-refractivity contribution in [3.63, 3.8) is 0 Å². The van der Waals surface area contributed by atoms with Gasteiger partial charge >= 0.3 is 6.03 Å². The molecule has 0 aliphatic carbocycles. The van der Waals surface area contributed by atoms with Gasteiger partial charge in [-0.3, -0.25) is 4.90 Å². The van der Waals surface area contributed by atoms with E-state index in [0.717, 1.165) is 27.4 Å². The summed E-state index contributed by atoms with van der Waals surface area (Å²) in [6, 6.07) is 15.2. The van der Waals surface area contributed by atoms with Crippen LogP contribution in [-0.2, 0) is 9.84 Å². The third kappa shape index (κ3) is 5.59. The molecule has 4 rings (SSSR count). The van der Waals surface area contributed by atoms with Gasteiger partial charge in [-0.2, -0.15) is 0 Å². The topological polar surface area (TPSA) is 93.2 Å². The summed E-state index contributed by atoms with van der Waals surface area (Å²) in [6.07, 6.45) is -0.304. The minimum Gasteiger partial charge on any atom is -0.386 e. The summed E-state index contributed by atoms with van der Waals surface area (Å²) in [5, 5.41) is 13.5. The maximum atomic E-state index is 14.2. The fraction of sp³-hybridized carbons (Fsp3) is 0.296. The number of urea groups is 1. The number of aliphatic hydroxyl groups excluding tert-OH is 1. The summed E-state index contributed by atoms with van der Waals surface area (Å²) >= 11 is 1.55. The van der Waals surface area contributed by atoms with Crippen LogP contribution in [0.15, 0.2) is 75.4 Å². The predicted octanol–water partition coefficient (Wildman–Crippen LogP) is 4.61. The summed E-state index contributed by atoms with van der Waals surface area (Å²) in [5.41, 5.74) is 3.53. The molecule has 3 aromatic carbocycles. The number of halogens is 1. The molecule has 1 aliphatic heterocycles. The zero-order valence-electron chi connectivity index (χ0n) is 21.8. The van der Waals surface area contributed by atoms with E-state index in [0.29, 0.717) is 16.9 Å². The first-order valence-electron chi connectivity index (χ1n) is 11.9. The highest BCUT2D eigenvalue weighted by Gasteiger charge is 2.32. The number of sulfone groups is 1. The lowest BCUT2D eigenvalue weighted by Crippen LogP contribution is -2.47. The number of carbonyl (C=O) groups is 1. The lowest BCUT2D eigenvalue weighted by atomic mass is 10.0. The van der Waals surface area contributed by atoms with Gasteiger partial charge in [0.1, 0.15) is 12.8 Å². The molecule has 2 amide bonds. The lowest BCUT2D eigenvalue weighted by molar-refractivity contribution is 0.117. The van der Waals surface area contributed by atoms with E-state index in [-0.39, 0.29) is 4.90 Å². The first-order valence-corrected chi connectivity index (χ1v) is 14.6. The van der Waals surface area contributed by atoms with E-state index < -0.39 is 34.7 Å². The lowest BCUT2D eigenvalue weighted by Gasteiger charge is -2.34. The monoisotopic (exact) mass is 558 g/mol. The summed E-state index contributed by atoms with van der Waals surface area (Å²) < 4.78 is 37.7. The van der Waals surface area contributed by atoms with Crippen molar-refractivity contribution in [2.75, 3.05) is 55.8 Å². The van der Waals surface area contributed by atoms with Gasteiger partial charge in [0, 0.05) is 55.6 Å². The second kappa shape index (κ2) is 10.8. The molecule has 2 N–H and O–H groups in total. The SMILES string of the molecule is CN(C)c1ccc2c(c1)Sc1cc(N(C)C)ccc1N2C(=O)NC(CF)[C@@H](O)c1ccc(S(C)(=O)=O)cc1. The molecule has 1 heterocycles. The molecule has 1 aliphatic rings. The molecule has 38 heavy (non-hydrogen) atoms. The molecule has 0 fully saturated rings. The fourth-order valence-corrected chi connectivity index (χ4v) is 5.89. The molecule has 202 valence electrons. The van der Waals surface area contributed by atoms with Crippen molar-refractivity contribution >= 4 is 50.4 Å². The van der Waals surface area contributed by atoms with Crippen LogP contribution >= 0.6 is 11.8 Å². The van der Waals surface area contributed by atoms with Gasteiger partial charge < -0.3 is 20.2 Å². The summed E-state index contributed by atoms with van der Waals surface area (Å²) in [7, 11) is 4.33. The third-order valence-corrected chi connectivity index (χ3v) is 8.55. The van der Waals surface area contributed by atoms with E-state index in [1.54, 1.807) is 11.8 Å². The Morgan fingerprint density at radius 1 is 0.947 bits per heavy atom. The third-order valence-electron chi connectivity index (χ3n) is 6.33. The molecule has 0 saturated carbocycles. The van der Waals surface area contributed by atoms with Crippen molar-refractivity contribution < 1.29 is 22.7 Å². The fourth-order valence-electron chi connectivity index (χ4n) is 4.13. The van der Waals surface area contributed by atoms with Crippen LogP contribution < -0.4 is 20.0 Å². The summed E-state index contributed by atoms with van der Waals surface area (Å²) in [4.78, 5) is 20.9. The van der Waals surface area contributed by atoms with Crippen molar-refractivity contribution in [2.45, 2.75) is 26.8 Å². The maximum Gasteiger partial charge on any atom is 0.326 e. The number of amides is 2. The summed E-state index contributed by atoms with van der Waals surface area (Å²) in [6.45, 7) is -1.03. The van der Waals surface area contributed by atoms with Gasteiger partial charge in [-0.25, -0.2) is 17.6 Å². The minimum atomic E-state index is -3.42. The Labute approximate surface area is 227 Å². The van der Waals surface area contributed by atoms with Crippen LogP contribution in [0.4, 0.5) is 31.9 Å². The number of nitrogens with zero attached hydrogens (tertiary/aromatic N) is 3. The van der Waals surface area contributed by atoms with Crippen molar-refractivity contribution in [2.24, 2.45) is 0 Å². The van der Waals surface area contributed by atoms with Crippen LogP contribution in [0.3, 0.4) is 0 Å². The molecule has 0 aromatic heterocycles. The van der Waals surface area contributed by atoms with Crippen molar-refractivity contribution in [3.8, 4) is 0 Å². The Kier molecular flexibility index (Phi) is 7.91. The van der Waals surface area contributed by atoms with Crippen molar-refractivity contribution in [1.29, 1.82) is 0 Å². The van der Waals surface area contributed by atoms with Crippen LogP contribution in [0.5, 0.6) is 0 Å². The number of anilines is 4. The second-order valence-electron chi connectivity index (χ2n) is 9.53. The summed E-state index contributed by atoms with van der Waals surface area (Å²) in [5.74, 6) is 0. The Balaban J connectivity index is 1.68. The van der Waals surface area contributed by atoms with Crippen molar-refractivity contribution in [1.82, 2.24) is 5.32 Å². The first kappa shape index (κ1) is 27.7. The number of alkyl halides is 1. The van der Waals surface area contributed by atoms with Gasteiger partial charge in [-0.1, -0.05) is 23.9 Å². The molecule has 8 nitrogen and oxygen atoms in total. The van der Waals surface area contributed by atoms with E-state index in [4.69, 9.17) is 0 Å². The van der Waals surface area contributed by atoms with Crippen LogP contribution in [0.1, 0.15) is 11.7 Å². The first-order chi connectivity index (χ1) is 17.9. The quantitative estimate of drug-likeness (QED) is 0.438. The standard InChI is InChI=1S/C27H31FN4O4S2/c1-30(2)18-8-12-22-24(14-18)37-25-15-19(31(3)4)9-13-23(25)32(22)27(34)29-21(16-28)26(33)17-6-10-20(11-7-17)38(5,35)36/h6-15,21,26,33H,16H2,1-5H3,(H,29,34)/t21?,26-/m0/s1. The van der Waals surface area contributed by atoms with Crippen LogP contribution in [0.25, 0.3) is 0 Å². The number of aliphatic hydroxyl groups is 1. The largest absolute Gasteiger partial charge is 0.386 e. The highest BCUT2D eigenvalue weighted by atomic mass is 32.2. The number of benzene rings is 3. The Hall–Kier alpha value is -3.28. The van der Waals surface area contributed by atoms with Gasteiger partial charge in [0.05, 0.1) is 22.3 Å². The molecule has 2 atom stereocenters. The molecule has 0 bridgehead atoms. The van der Waals surface area contributed by atoms with E-state index in [2.05, 4.69) is 5.32 Å². The van der Waals surface area contributed by atoms with Crippen LogP contribution in [0.2, 0.25) is 0 Å². The van der Waals surface area contributed by atoms with E-state index in [1.807, 2.05) is 74.4 Å². The zero-order valence-corrected chi connectivity index (χ0v) is 23.5. The molecular weight excluding hydrogens is 527 g/mol. The molecule has 0 saturated heterocycles. The Morgan fingerprint density at radius 3 is 1.87 bits per heavy atom. The molecular formula is C27H31FN4O4S2. The number of carbonyl (C=O) groups excluding carboxylic acids is 1. The number of nitrogens with one attached hydrogen (secondary N) is 1. The van der Waals surface area contributed by atoms with Gasteiger partial charge in [-0.15, -0.1) is 0 Å². The minimum absolute atomic E-state index is 0.0856. The normalized spacial score (nSPS) is 14.2. The number of hydrogen-bond donors (Lipinski definition) is 2. The van der Waals surface area contributed by atoms with Crippen LogP contribution in [0, 0.1) is 0 Å². The predicted molar refractivity (Wildman–Crippen MR) is 151 cm³/mol. The van der Waals surface area contributed by atoms with Gasteiger partial charge in [0.2, 0.25) is 0 Å². The number of rotatable bonds is 7. The van der Waals surface area contributed by atoms with Crippen LogP contribution in [-0.4, -0.2) is 66.7 Å². The number of fused-ring (bicyclic) bond motifs is 2. The highest BCUT2D eigenvalue weighted by Crippen LogP contribution is 2.50. The molecule has 0 spiro atoms. The highest BCUT2D eigenvalue weighted by molar-refractivity contribution is 7.99. The number of hydrogen-bond acceptors (Lipinski definition) is 7. The molecule has 11 heteroatoms. The average molecular weight is 559 g/mol. The van der Waals surface area contributed by atoms with E-state index in [1.165, 1.54) is 29.2 Å². The smallest absolute Gasteiger partial charge is 0.326 e. The maximum absolute atomic E-state index is 14.2. The average Bonchev–Trinajstić information content (AvgIpc) is 2.88. The Morgan fingerprint density at radius 2 is 1.45 bits per heavy atom. The Bertz CT molecular complexity index is 1390. The zero-order chi connectivity index (χ0) is 27.8. The van der Waals surface area contributed by atoms with Crippen molar-refractivity contribution in [3.05, 3.63) is 66.2 Å². The van der Waals surface area contributed by atoms with Gasteiger partial charge in [0.15, 0.2) is 9.84 Å². The van der Waals surface area contributed by atoms with Gasteiger partial charge in [-0.05, 0) is 54.1 Å². The molecule has 1 unspecified atom stereocenters. The van der Waals surface area contributed by atoms with E-state index >= 15 is 0 Å².